The van der Waals surface area contributed by atoms with E-state index in [4.69, 9.17) is 19.7 Å². The molecule has 0 saturated heterocycles. The topological polar surface area (TPSA) is 58.9 Å². The van der Waals surface area contributed by atoms with Gasteiger partial charge in [0.15, 0.2) is 0 Å². The first-order valence-electron chi connectivity index (χ1n) is 7.33. The molecule has 0 aliphatic carbocycles. The average Bonchev–Trinajstić information content (AvgIpc) is 2.33. The normalized spacial score (nSPS) is 12.9. The van der Waals surface area contributed by atoms with E-state index in [1.165, 1.54) is 0 Å². The van der Waals surface area contributed by atoms with E-state index < -0.39 is 0 Å². The van der Waals surface area contributed by atoms with Gasteiger partial charge >= 0.3 is 0 Å². The van der Waals surface area contributed by atoms with E-state index in [2.05, 4.69) is 27.7 Å². The molecule has 2 N–H and O–H groups in total. The molecule has 0 saturated carbocycles. The number of hydrogen-bond donors (Lipinski definition) is 2. The van der Waals surface area contributed by atoms with Gasteiger partial charge in [0, 0.05) is 26.4 Å². The molecule has 0 bridgehead atoms. The van der Waals surface area contributed by atoms with Gasteiger partial charge in [-0.15, -0.1) is 0 Å². The minimum Gasteiger partial charge on any atom is -0.396 e. The third kappa shape index (κ3) is 11.4. The first kappa shape index (κ1) is 18.8. The van der Waals surface area contributed by atoms with Crippen LogP contribution >= 0.6 is 0 Å². The quantitative estimate of drug-likeness (QED) is 0.538. The van der Waals surface area contributed by atoms with Gasteiger partial charge < -0.3 is 19.7 Å². The predicted octanol–water partition coefficient (Wildman–Crippen LogP) is 2.51. The van der Waals surface area contributed by atoms with E-state index in [0.717, 1.165) is 25.7 Å². The van der Waals surface area contributed by atoms with Crippen LogP contribution in [0.4, 0.5) is 0 Å². The molecule has 116 valence electrons. The van der Waals surface area contributed by atoms with Gasteiger partial charge in [0.05, 0.1) is 11.2 Å². The summed E-state index contributed by atoms with van der Waals surface area (Å²) in [5, 5.41) is 17.5. The SMILES string of the molecule is CC(C)(CCCO)OCCCC(C)(C)OCCCO. The summed E-state index contributed by atoms with van der Waals surface area (Å²) in [6.07, 6.45) is 4.24. The highest BCUT2D eigenvalue weighted by Gasteiger charge is 2.20. The highest BCUT2D eigenvalue weighted by Crippen LogP contribution is 2.20. The molecule has 0 fully saturated rings. The summed E-state index contributed by atoms with van der Waals surface area (Å²) in [7, 11) is 0. The van der Waals surface area contributed by atoms with Crippen LogP contribution in [0.1, 0.15) is 59.8 Å². The monoisotopic (exact) mass is 276 g/mol. The largest absolute Gasteiger partial charge is 0.396 e. The molecule has 0 aromatic heterocycles. The van der Waals surface area contributed by atoms with Crippen LogP contribution in [0.5, 0.6) is 0 Å². The van der Waals surface area contributed by atoms with Gasteiger partial charge in [-0.25, -0.2) is 0 Å². The Bertz CT molecular complexity index is 214. The van der Waals surface area contributed by atoms with Crippen molar-refractivity contribution in [2.24, 2.45) is 0 Å². The van der Waals surface area contributed by atoms with Gasteiger partial charge in [0.1, 0.15) is 0 Å². The van der Waals surface area contributed by atoms with Crippen molar-refractivity contribution in [1.29, 1.82) is 0 Å². The highest BCUT2D eigenvalue weighted by atomic mass is 16.5. The van der Waals surface area contributed by atoms with Gasteiger partial charge in [-0.2, -0.15) is 0 Å². The van der Waals surface area contributed by atoms with E-state index in [-0.39, 0.29) is 24.4 Å². The van der Waals surface area contributed by atoms with Gasteiger partial charge in [-0.05, 0) is 59.8 Å². The molecule has 0 atom stereocenters. The van der Waals surface area contributed by atoms with E-state index in [1.807, 2.05) is 0 Å². The summed E-state index contributed by atoms with van der Waals surface area (Å²) >= 11 is 0. The van der Waals surface area contributed by atoms with Crippen LogP contribution in [0, 0.1) is 0 Å². The predicted molar refractivity (Wildman–Crippen MR) is 77.3 cm³/mol. The second-order valence-corrected chi connectivity index (χ2v) is 6.22. The second kappa shape index (κ2) is 9.70. The molecule has 4 heteroatoms. The molecule has 0 aromatic carbocycles. The number of rotatable bonds is 12. The summed E-state index contributed by atoms with van der Waals surface area (Å²) < 4.78 is 11.6. The first-order valence-corrected chi connectivity index (χ1v) is 7.33. The Morgan fingerprint density at radius 2 is 1.11 bits per heavy atom. The lowest BCUT2D eigenvalue weighted by molar-refractivity contribution is -0.0540. The Balaban J connectivity index is 3.71. The Hall–Kier alpha value is -0.160. The molecule has 0 aliphatic rings. The lowest BCUT2D eigenvalue weighted by atomic mass is 10.0. The minimum absolute atomic E-state index is 0.159. The fourth-order valence-corrected chi connectivity index (χ4v) is 1.91. The molecular formula is C15H32O4. The van der Waals surface area contributed by atoms with E-state index in [1.54, 1.807) is 0 Å². The summed E-state index contributed by atoms with van der Waals surface area (Å²) in [4.78, 5) is 0. The molecule has 0 radical (unpaired) electrons. The molecule has 19 heavy (non-hydrogen) atoms. The summed E-state index contributed by atoms with van der Waals surface area (Å²) in [5.41, 5.74) is -0.321. The molecule has 0 aliphatic heterocycles. The maximum absolute atomic E-state index is 8.82. The fourth-order valence-electron chi connectivity index (χ4n) is 1.91. The van der Waals surface area contributed by atoms with Gasteiger partial charge in [0.2, 0.25) is 0 Å². The third-order valence-electron chi connectivity index (χ3n) is 3.15. The van der Waals surface area contributed by atoms with Crippen molar-refractivity contribution in [3.8, 4) is 0 Å². The van der Waals surface area contributed by atoms with E-state index >= 15 is 0 Å². The zero-order valence-electron chi connectivity index (χ0n) is 13.1. The lowest BCUT2D eigenvalue weighted by Gasteiger charge is -2.28. The van der Waals surface area contributed by atoms with E-state index in [9.17, 15) is 0 Å². The van der Waals surface area contributed by atoms with Crippen molar-refractivity contribution in [3.05, 3.63) is 0 Å². The summed E-state index contributed by atoms with van der Waals surface area (Å²) in [5.74, 6) is 0. The van der Waals surface area contributed by atoms with Crippen LogP contribution in [-0.4, -0.2) is 47.8 Å². The maximum Gasteiger partial charge on any atom is 0.0627 e. The number of ether oxygens (including phenoxy) is 2. The van der Waals surface area contributed by atoms with Crippen molar-refractivity contribution >= 4 is 0 Å². The van der Waals surface area contributed by atoms with Crippen molar-refractivity contribution in [1.82, 2.24) is 0 Å². The third-order valence-corrected chi connectivity index (χ3v) is 3.15. The van der Waals surface area contributed by atoms with Crippen molar-refractivity contribution < 1.29 is 19.7 Å². The van der Waals surface area contributed by atoms with Crippen LogP contribution in [0.3, 0.4) is 0 Å². The smallest absolute Gasteiger partial charge is 0.0627 e. The molecular weight excluding hydrogens is 244 g/mol. The van der Waals surface area contributed by atoms with Crippen LogP contribution in [0.2, 0.25) is 0 Å². The van der Waals surface area contributed by atoms with Crippen LogP contribution in [-0.2, 0) is 9.47 Å². The first-order chi connectivity index (χ1) is 8.83. The molecule has 0 amide bonds. The minimum atomic E-state index is -0.162. The van der Waals surface area contributed by atoms with E-state index in [0.29, 0.717) is 19.6 Å². The molecule has 0 heterocycles. The standard InChI is InChI=1S/C15H32O4/c1-14(2,8-5-10-16)18-12-6-9-15(3,4)19-13-7-11-17/h16-17H,5-13H2,1-4H3. The molecule has 0 unspecified atom stereocenters. The zero-order valence-corrected chi connectivity index (χ0v) is 13.1. The zero-order chi connectivity index (χ0) is 14.8. The molecule has 0 spiro atoms. The van der Waals surface area contributed by atoms with Crippen molar-refractivity contribution in [2.75, 3.05) is 26.4 Å². The highest BCUT2D eigenvalue weighted by molar-refractivity contribution is 4.71. The molecule has 4 nitrogen and oxygen atoms in total. The van der Waals surface area contributed by atoms with Crippen LogP contribution in [0.25, 0.3) is 0 Å². The Labute approximate surface area is 118 Å². The van der Waals surface area contributed by atoms with Crippen molar-refractivity contribution in [2.45, 2.75) is 71.0 Å². The fraction of sp³-hybridized carbons (Fsp3) is 1.00. The maximum atomic E-state index is 8.82. The Morgan fingerprint density at radius 1 is 0.684 bits per heavy atom. The lowest BCUT2D eigenvalue weighted by Crippen LogP contribution is -2.28. The molecule has 0 rings (SSSR count). The Morgan fingerprint density at radius 3 is 1.58 bits per heavy atom. The Kier molecular flexibility index (Phi) is 9.62. The van der Waals surface area contributed by atoms with Crippen molar-refractivity contribution in [3.63, 3.8) is 0 Å². The van der Waals surface area contributed by atoms with Crippen LogP contribution < -0.4 is 0 Å². The summed E-state index contributed by atoms with van der Waals surface area (Å²) in [6, 6.07) is 0. The number of aliphatic hydroxyl groups is 2. The molecule has 0 aromatic rings. The van der Waals surface area contributed by atoms with Gasteiger partial charge in [-0.1, -0.05) is 0 Å². The second-order valence-electron chi connectivity index (χ2n) is 6.22. The number of aliphatic hydroxyl groups excluding tert-OH is 2. The van der Waals surface area contributed by atoms with Gasteiger partial charge in [-0.3, -0.25) is 0 Å². The number of hydrogen-bond acceptors (Lipinski definition) is 4. The van der Waals surface area contributed by atoms with Gasteiger partial charge in [0.25, 0.3) is 0 Å². The average molecular weight is 276 g/mol. The van der Waals surface area contributed by atoms with Crippen LogP contribution in [0.15, 0.2) is 0 Å². The summed E-state index contributed by atoms with van der Waals surface area (Å²) in [6.45, 7) is 9.98.